The van der Waals surface area contributed by atoms with Gasteiger partial charge < -0.3 is 5.32 Å². The van der Waals surface area contributed by atoms with Crippen LogP contribution in [0.2, 0.25) is 10.0 Å². The largest absolute Gasteiger partial charge is 0.311 e. The van der Waals surface area contributed by atoms with Crippen LogP contribution in [0.3, 0.4) is 0 Å². The van der Waals surface area contributed by atoms with E-state index in [1.54, 1.807) is 0 Å². The third-order valence-electron chi connectivity index (χ3n) is 4.60. The molecule has 0 saturated heterocycles. The summed E-state index contributed by atoms with van der Waals surface area (Å²) < 4.78 is 0. The van der Waals surface area contributed by atoms with E-state index in [9.17, 15) is 0 Å². The van der Waals surface area contributed by atoms with E-state index >= 15 is 0 Å². The van der Waals surface area contributed by atoms with Gasteiger partial charge in [0.05, 0.1) is 0 Å². The van der Waals surface area contributed by atoms with E-state index in [-0.39, 0.29) is 11.0 Å². The van der Waals surface area contributed by atoms with Gasteiger partial charge in [-0.05, 0) is 57.2 Å². The van der Waals surface area contributed by atoms with Crippen LogP contribution in [0, 0.1) is 5.92 Å². The van der Waals surface area contributed by atoms with E-state index in [1.165, 1.54) is 12.8 Å². The van der Waals surface area contributed by atoms with Gasteiger partial charge in [0.15, 0.2) is 0 Å². The fourth-order valence-corrected chi connectivity index (χ4v) is 4.14. The first-order chi connectivity index (χ1) is 9.26. The van der Waals surface area contributed by atoms with Gasteiger partial charge in [-0.2, -0.15) is 0 Å². The van der Waals surface area contributed by atoms with Gasteiger partial charge in [0.2, 0.25) is 0 Å². The first kappa shape index (κ1) is 16.1. The van der Waals surface area contributed by atoms with Crippen molar-refractivity contribution in [2.45, 2.75) is 57.9 Å². The average Bonchev–Trinajstić information content (AvgIpc) is 2.68. The summed E-state index contributed by atoms with van der Waals surface area (Å²) in [5.74, 6) is 0.592. The second kappa shape index (κ2) is 5.87. The topological polar surface area (TPSA) is 12.0 Å². The van der Waals surface area contributed by atoms with E-state index in [2.05, 4.69) is 33.0 Å². The lowest BCUT2D eigenvalue weighted by Crippen LogP contribution is -2.47. The summed E-state index contributed by atoms with van der Waals surface area (Å²) >= 11 is 13.0. The number of hydrogen-bond acceptors (Lipinski definition) is 1. The minimum absolute atomic E-state index is 0.0582. The van der Waals surface area contributed by atoms with Crippen molar-refractivity contribution in [2.75, 3.05) is 6.54 Å². The molecule has 2 unspecified atom stereocenters. The Morgan fingerprint density at radius 3 is 2.30 bits per heavy atom. The molecule has 20 heavy (non-hydrogen) atoms. The molecule has 1 aromatic carbocycles. The number of hydrogen-bond donors (Lipinski definition) is 1. The zero-order valence-corrected chi connectivity index (χ0v) is 14.4. The van der Waals surface area contributed by atoms with Crippen molar-refractivity contribution in [3.63, 3.8) is 0 Å². The number of halogens is 2. The van der Waals surface area contributed by atoms with Crippen molar-refractivity contribution in [2.24, 2.45) is 5.92 Å². The molecule has 0 spiro atoms. The minimum atomic E-state index is 0.0582. The summed E-state index contributed by atoms with van der Waals surface area (Å²) in [6.07, 6.45) is 3.64. The maximum absolute atomic E-state index is 6.50. The van der Waals surface area contributed by atoms with Crippen LogP contribution in [-0.2, 0) is 5.41 Å². The lowest BCUT2D eigenvalue weighted by molar-refractivity contribution is 0.280. The third-order valence-corrected chi connectivity index (χ3v) is 5.23. The molecular weight excluding hydrogens is 289 g/mol. The molecule has 3 heteroatoms. The van der Waals surface area contributed by atoms with Crippen LogP contribution < -0.4 is 5.32 Å². The molecule has 1 N–H and O–H groups in total. The Bertz CT molecular complexity index is 458. The van der Waals surface area contributed by atoms with E-state index in [0.717, 1.165) is 28.6 Å². The van der Waals surface area contributed by atoms with Crippen LogP contribution in [0.5, 0.6) is 0 Å². The zero-order valence-electron chi connectivity index (χ0n) is 12.9. The van der Waals surface area contributed by atoms with Crippen LogP contribution in [0.25, 0.3) is 0 Å². The fraction of sp³-hybridized carbons (Fsp3) is 0.647. The summed E-state index contributed by atoms with van der Waals surface area (Å²) in [7, 11) is 0. The van der Waals surface area contributed by atoms with Crippen LogP contribution >= 0.6 is 23.2 Å². The molecule has 0 heterocycles. The summed E-state index contributed by atoms with van der Waals surface area (Å²) in [6.45, 7) is 9.87. The first-order valence-electron chi connectivity index (χ1n) is 7.46. The molecule has 1 nitrogen and oxygen atoms in total. The Morgan fingerprint density at radius 1 is 1.25 bits per heavy atom. The van der Waals surface area contributed by atoms with Gasteiger partial charge in [0, 0.05) is 27.5 Å². The highest BCUT2D eigenvalue weighted by Gasteiger charge is 2.44. The highest BCUT2D eigenvalue weighted by atomic mass is 35.5. The molecular formula is C17H25Cl2N. The van der Waals surface area contributed by atoms with E-state index in [0.29, 0.717) is 5.92 Å². The highest BCUT2D eigenvalue weighted by molar-refractivity contribution is 6.36. The van der Waals surface area contributed by atoms with Crippen LogP contribution in [0.1, 0.15) is 52.5 Å². The van der Waals surface area contributed by atoms with Crippen LogP contribution in [0.15, 0.2) is 18.2 Å². The quantitative estimate of drug-likeness (QED) is 0.783. The van der Waals surface area contributed by atoms with Gasteiger partial charge in [0.25, 0.3) is 0 Å². The molecule has 1 aliphatic rings. The summed E-state index contributed by atoms with van der Waals surface area (Å²) in [5.41, 5.74) is 1.30. The lowest BCUT2D eigenvalue weighted by Gasteiger charge is -2.38. The van der Waals surface area contributed by atoms with Crippen LogP contribution in [-0.4, -0.2) is 12.1 Å². The number of rotatable bonds is 3. The van der Waals surface area contributed by atoms with E-state index in [4.69, 9.17) is 23.2 Å². The molecule has 0 aliphatic heterocycles. The van der Waals surface area contributed by atoms with Crippen molar-refractivity contribution < 1.29 is 0 Å². The molecule has 0 bridgehead atoms. The normalized spacial score (nSPS) is 27.0. The Morgan fingerprint density at radius 2 is 1.85 bits per heavy atom. The molecule has 1 fully saturated rings. The highest BCUT2D eigenvalue weighted by Crippen LogP contribution is 2.49. The van der Waals surface area contributed by atoms with Gasteiger partial charge in [-0.25, -0.2) is 0 Å². The van der Waals surface area contributed by atoms with Gasteiger partial charge in [-0.1, -0.05) is 42.6 Å². The van der Waals surface area contributed by atoms with Crippen molar-refractivity contribution >= 4 is 23.2 Å². The van der Waals surface area contributed by atoms with E-state index in [1.807, 2.05) is 18.2 Å². The maximum Gasteiger partial charge on any atom is 0.0459 e. The van der Waals surface area contributed by atoms with Gasteiger partial charge in [0.1, 0.15) is 0 Å². The molecule has 0 amide bonds. The summed E-state index contributed by atoms with van der Waals surface area (Å²) in [4.78, 5) is 0. The molecule has 0 radical (unpaired) electrons. The number of benzene rings is 1. The van der Waals surface area contributed by atoms with Crippen molar-refractivity contribution in [1.82, 2.24) is 5.32 Å². The van der Waals surface area contributed by atoms with E-state index < -0.39 is 0 Å². The summed E-state index contributed by atoms with van der Waals surface area (Å²) in [6, 6.07) is 5.86. The predicted octanol–water partition coefficient (Wildman–Crippen LogP) is 5.44. The van der Waals surface area contributed by atoms with Crippen molar-refractivity contribution in [3.05, 3.63) is 33.8 Å². The summed E-state index contributed by atoms with van der Waals surface area (Å²) in [5, 5.41) is 5.29. The lowest BCUT2D eigenvalue weighted by atomic mass is 9.72. The van der Waals surface area contributed by atoms with Crippen molar-refractivity contribution in [1.29, 1.82) is 0 Å². The molecule has 1 aromatic rings. The third kappa shape index (κ3) is 3.16. The fourth-order valence-electron chi connectivity index (χ4n) is 3.37. The van der Waals surface area contributed by atoms with Crippen molar-refractivity contribution in [3.8, 4) is 0 Å². The first-order valence-corrected chi connectivity index (χ1v) is 8.21. The molecule has 112 valence electrons. The smallest absolute Gasteiger partial charge is 0.0459 e. The van der Waals surface area contributed by atoms with Gasteiger partial charge in [-0.3, -0.25) is 0 Å². The molecule has 1 aliphatic carbocycles. The monoisotopic (exact) mass is 313 g/mol. The molecule has 0 aromatic heterocycles. The SMILES string of the molecule is CC1CCCC1(CNC(C)(C)C)c1c(Cl)cccc1Cl. The van der Waals surface area contributed by atoms with Gasteiger partial charge in [-0.15, -0.1) is 0 Å². The minimum Gasteiger partial charge on any atom is -0.311 e. The predicted molar refractivity (Wildman–Crippen MR) is 88.9 cm³/mol. The number of nitrogens with one attached hydrogen (secondary N) is 1. The second-order valence-corrected chi connectivity index (χ2v) is 7.96. The Hall–Kier alpha value is -0.240. The maximum atomic E-state index is 6.50. The average molecular weight is 314 g/mol. The Labute approximate surface area is 133 Å². The Kier molecular flexibility index (Phi) is 4.73. The van der Waals surface area contributed by atoms with Crippen LogP contribution in [0.4, 0.5) is 0 Å². The van der Waals surface area contributed by atoms with Gasteiger partial charge >= 0.3 is 0 Å². The molecule has 1 saturated carbocycles. The standard InChI is InChI=1S/C17H25Cl2N/c1-12-7-6-10-17(12,11-20-16(2,3)4)15-13(18)8-5-9-14(15)19/h5,8-9,12,20H,6-7,10-11H2,1-4H3. The molecule has 2 atom stereocenters. The molecule has 2 rings (SSSR count). The zero-order chi connectivity index (χ0) is 15.0. The second-order valence-electron chi connectivity index (χ2n) is 7.15. The Balaban J connectivity index is 2.43.